The molecule has 6 aliphatic rings. The summed E-state index contributed by atoms with van der Waals surface area (Å²) in [5.41, 5.74) is 2.58. The Morgan fingerprint density at radius 1 is 1.10 bits per heavy atom. The normalized spacial score (nSPS) is 58.7. The van der Waals surface area contributed by atoms with Crippen molar-refractivity contribution in [2.24, 2.45) is 46.3 Å². The van der Waals surface area contributed by atoms with Crippen LogP contribution in [-0.4, -0.2) is 34.7 Å². The van der Waals surface area contributed by atoms with Gasteiger partial charge in [-0.05, 0) is 96.9 Å². The van der Waals surface area contributed by atoms with Gasteiger partial charge in [0.05, 0.1) is 6.10 Å². The first-order valence-electron chi connectivity index (χ1n) is 12.7. The molecule has 2 nitrogen and oxygen atoms in total. The summed E-state index contributed by atoms with van der Waals surface area (Å²) in [6, 6.07) is 1.15. The van der Waals surface area contributed by atoms with Crippen LogP contribution < -0.4 is 0 Å². The summed E-state index contributed by atoms with van der Waals surface area (Å²) in [7, 11) is 0. The van der Waals surface area contributed by atoms with Crippen LogP contribution in [0.3, 0.4) is 0 Å². The topological polar surface area (TPSA) is 23.5 Å². The summed E-state index contributed by atoms with van der Waals surface area (Å²) in [6.45, 7) is 11.3. The molecule has 2 heterocycles. The summed E-state index contributed by atoms with van der Waals surface area (Å²) >= 11 is 0. The molecule has 0 aromatic rings. The number of allylic oxidation sites excluding steroid dienone is 4. The summed E-state index contributed by atoms with van der Waals surface area (Å²) in [5.74, 6) is 4.75. The van der Waals surface area contributed by atoms with Crippen LogP contribution >= 0.6 is 0 Å². The van der Waals surface area contributed by atoms with Gasteiger partial charge in [-0.3, -0.25) is 4.90 Å². The predicted molar refractivity (Wildman–Crippen MR) is 118 cm³/mol. The van der Waals surface area contributed by atoms with Crippen LogP contribution in [0.4, 0.5) is 0 Å². The largest absolute Gasteiger partial charge is 0.391 e. The fourth-order valence-corrected chi connectivity index (χ4v) is 10.2. The van der Waals surface area contributed by atoms with Crippen LogP contribution in [0.25, 0.3) is 0 Å². The highest BCUT2D eigenvalue weighted by atomic mass is 16.3. The minimum atomic E-state index is -0.106. The quantitative estimate of drug-likeness (QED) is 0.591. The maximum absolute atomic E-state index is 11.0. The Bertz CT molecular complexity index is 756. The van der Waals surface area contributed by atoms with E-state index in [1.54, 1.807) is 5.57 Å². The molecule has 6 rings (SSSR count). The van der Waals surface area contributed by atoms with Crippen molar-refractivity contribution in [1.29, 1.82) is 0 Å². The lowest BCUT2D eigenvalue weighted by Gasteiger charge is -2.57. The minimum Gasteiger partial charge on any atom is -0.391 e. The molecule has 2 heteroatoms. The van der Waals surface area contributed by atoms with Gasteiger partial charge in [0.2, 0.25) is 0 Å². The Morgan fingerprint density at radius 3 is 2.76 bits per heavy atom. The Kier molecular flexibility index (Phi) is 4.10. The maximum atomic E-state index is 11.0. The van der Waals surface area contributed by atoms with Crippen molar-refractivity contribution in [3.63, 3.8) is 0 Å². The second kappa shape index (κ2) is 6.22. The molecule has 0 radical (unpaired) electrons. The van der Waals surface area contributed by atoms with E-state index in [2.05, 4.69) is 50.8 Å². The van der Waals surface area contributed by atoms with E-state index in [0.29, 0.717) is 28.7 Å². The Balaban J connectivity index is 1.35. The molecule has 0 aromatic carbocycles. The summed E-state index contributed by atoms with van der Waals surface area (Å²) < 4.78 is 0. The molecule has 0 amide bonds. The first kappa shape index (κ1) is 19.1. The number of aliphatic hydroxyl groups excluding tert-OH is 1. The molecule has 4 fully saturated rings. The molecular weight excluding hydrogens is 354 g/mol. The standard InChI is InChI=1S/C27H41NO/c1-16-13-23(29)25-17(2)24-22(28(25)15-16)14-21-19-9-8-18-7-5-6-11-26(18,3)20(19)10-12-27(21,24)4/h5,7-8,16-17,19-25,29H,6,9-15H2,1-4H3/t16-,17-,19-,20+,21-,22+,23+,24-,25-,26-,27-/m0/s1. The van der Waals surface area contributed by atoms with E-state index >= 15 is 0 Å². The molecule has 0 unspecified atom stereocenters. The van der Waals surface area contributed by atoms with Crippen LogP contribution in [-0.2, 0) is 0 Å². The molecule has 160 valence electrons. The number of aliphatic hydroxyl groups is 1. The van der Waals surface area contributed by atoms with Crippen molar-refractivity contribution in [3.8, 4) is 0 Å². The number of nitrogens with zero attached hydrogens (tertiary/aromatic N) is 1. The summed E-state index contributed by atoms with van der Waals surface area (Å²) in [5, 5.41) is 11.0. The van der Waals surface area contributed by atoms with Gasteiger partial charge in [0.25, 0.3) is 0 Å². The number of hydrogen-bond donors (Lipinski definition) is 1. The number of hydrogen-bond acceptors (Lipinski definition) is 2. The van der Waals surface area contributed by atoms with Crippen LogP contribution in [0, 0.1) is 46.3 Å². The maximum Gasteiger partial charge on any atom is 0.0701 e. The third-order valence-corrected chi connectivity index (χ3v) is 11.2. The number of rotatable bonds is 0. The molecule has 0 spiro atoms. The third kappa shape index (κ3) is 2.37. The lowest BCUT2D eigenvalue weighted by Crippen LogP contribution is -2.53. The van der Waals surface area contributed by atoms with Crippen molar-refractivity contribution in [2.45, 2.75) is 90.8 Å². The Labute approximate surface area is 177 Å². The van der Waals surface area contributed by atoms with E-state index in [4.69, 9.17) is 0 Å². The zero-order chi connectivity index (χ0) is 20.1. The van der Waals surface area contributed by atoms with Crippen LogP contribution in [0.1, 0.15) is 72.6 Å². The molecular formula is C27H41NO. The van der Waals surface area contributed by atoms with Gasteiger partial charge in [-0.2, -0.15) is 0 Å². The van der Waals surface area contributed by atoms with Gasteiger partial charge in [0, 0.05) is 18.6 Å². The molecule has 11 atom stereocenters. The van der Waals surface area contributed by atoms with Crippen LogP contribution in [0.5, 0.6) is 0 Å². The Hall–Kier alpha value is -0.600. The van der Waals surface area contributed by atoms with Crippen LogP contribution in [0.2, 0.25) is 0 Å². The van der Waals surface area contributed by atoms with Crippen molar-refractivity contribution in [1.82, 2.24) is 4.90 Å². The van der Waals surface area contributed by atoms with E-state index < -0.39 is 0 Å². The van der Waals surface area contributed by atoms with E-state index in [9.17, 15) is 5.11 Å². The fourth-order valence-electron chi connectivity index (χ4n) is 10.2. The first-order chi connectivity index (χ1) is 13.8. The minimum absolute atomic E-state index is 0.106. The molecule has 2 saturated carbocycles. The molecule has 29 heavy (non-hydrogen) atoms. The van der Waals surface area contributed by atoms with Gasteiger partial charge in [0.1, 0.15) is 0 Å². The zero-order valence-corrected chi connectivity index (χ0v) is 19.0. The average molecular weight is 396 g/mol. The molecule has 0 aromatic heterocycles. The van der Waals surface area contributed by atoms with Gasteiger partial charge >= 0.3 is 0 Å². The van der Waals surface area contributed by atoms with E-state index in [0.717, 1.165) is 36.1 Å². The average Bonchev–Trinajstić information content (AvgIpc) is 3.14. The van der Waals surface area contributed by atoms with Crippen LogP contribution in [0.15, 0.2) is 23.8 Å². The highest BCUT2D eigenvalue weighted by molar-refractivity contribution is 5.34. The van der Waals surface area contributed by atoms with Gasteiger partial charge in [-0.1, -0.05) is 45.9 Å². The fraction of sp³-hybridized carbons (Fsp3) is 0.852. The SMILES string of the molecule is C[C@H]1C[C@@H](O)[C@@H]2[C@@H](C)[C@H]3[C@@H](C[C@H]4[C@H]5CC=C6C=CCC[C@]6(C)[C@@H]5CC[C@]34C)N2C1. The highest BCUT2D eigenvalue weighted by Crippen LogP contribution is 2.69. The third-order valence-electron chi connectivity index (χ3n) is 11.2. The Morgan fingerprint density at radius 2 is 1.93 bits per heavy atom. The van der Waals surface area contributed by atoms with Gasteiger partial charge in [-0.25, -0.2) is 0 Å². The number of piperidine rings is 1. The van der Waals surface area contributed by atoms with E-state index in [-0.39, 0.29) is 6.10 Å². The molecule has 1 N–H and O–H groups in total. The monoisotopic (exact) mass is 395 g/mol. The van der Waals surface area contributed by atoms with E-state index in [1.165, 1.54) is 45.1 Å². The van der Waals surface area contributed by atoms with Gasteiger partial charge in [-0.15, -0.1) is 0 Å². The lowest BCUT2D eigenvalue weighted by molar-refractivity contribution is -0.0564. The van der Waals surface area contributed by atoms with Crippen molar-refractivity contribution < 1.29 is 5.11 Å². The summed E-state index contributed by atoms with van der Waals surface area (Å²) in [6.07, 6.45) is 16.6. The predicted octanol–water partition coefficient (Wildman–Crippen LogP) is 5.43. The molecule has 2 saturated heterocycles. The molecule has 2 aliphatic heterocycles. The van der Waals surface area contributed by atoms with E-state index in [1.807, 2.05) is 0 Å². The van der Waals surface area contributed by atoms with Gasteiger partial charge < -0.3 is 5.11 Å². The smallest absolute Gasteiger partial charge is 0.0701 e. The highest BCUT2D eigenvalue weighted by Gasteiger charge is 2.67. The first-order valence-corrected chi connectivity index (χ1v) is 12.7. The molecule has 0 bridgehead atoms. The summed E-state index contributed by atoms with van der Waals surface area (Å²) in [4.78, 5) is 2.81. The lowest BCUT2D eigenvalue weighted by atomic mass is 9.47. The zero-order valence-electron chi connectivity index (χ0n) is 19.0. The van der Waals surface area contributed by atoms with Gasteiger partial charge in [0.15, 0.2) is 0 Å². The van der Waals surface area contributed by atoms with Crippen molar-refractivity contribution in [3.05, 3.63) is 23.8 Å². The van der Waals surface area contributed by atoms with Crippen molar-refractivity contribution >= 4 is 0 Å². The van der Waals surface area contributed by atoms with Crippen molar-refractivity contribution in [2.75, 3.05) is 6.54 Å². The number of fused-ring (bicyclic) bond motifs is 9. The second-order valence-electron chi connectivity index (χ2n) is 12.5. The molecule has 4 aliphatic carbocycles. The second-order valence-corrected chi connectivity index (χ2v) is 12.5.